The van der Waals surface area contributed by atoms with Gasteiger partial charge in [-0.05, 0) is 36.4 Å². The van der Waals surface area contributed by atoms with Gasteiger partial charge in [-0.3, -0.25) is 10.4 Å². The number of thiocarbonyl (C=S) groups is 2. The summed E-state index contributed by atoms with van der Waals surface area (Å²) in [5.74, 6) is 0. The van der Waals surface area contributed by atoms with Gasteiger partial charge in [0.05, 0.1) is 0 Å². The van der Waals surface area contributed by atoms with Crippen LogP contribution < -0.4 is 16.1 Å². The minimum Gasteiger partial charge on any atom is -0.361 e. The Morgan fingerprint density at radius 2 is 1.85 bits per heavy atom. The molecule has 0 atom stereocenters. The molecule has 0 radical (unpaired) electrons. The van der Waals surface area contributed by atoms with Crippen LogP contribution in [0.1, 0.15) is 25.3 Å². The number of rotatable bonds is 5. The van der Waals surface area contributed by atoms with E-state index in [1.54, 1.807) is 5.01 Å². The maximum Gasteiger partial charge on any atom is 0.187 e. The van der Waals surface area contributed by atoms with Gasteiger partial charge >= 0.3 is 0 Å². The summed E-state index contributed by atoms with van der Waals surface area (Å²) in [4.78, 5) is 0. The first kappa shape index (κ1) is 16.7. The third kappa shape index (κ3) is 6.68. The number of benzene rings is 1. The molecule has 0 saturated heterocycles. The molecule has 1 aromatic rings. The summed E-state index contributed by atoms with van der Waals surface area (Å²) in [5, 5.41) is 9.21. The van der Waals surface area contributed by atoms with E-state index in [-0.39, 0.29) is 0 Å². The molecule has 20 heavy (non-hydrogen) atoms. The standard InChI is InChI=1S/C14H22N4S2/c1-3-4-10-15-13(19)17-18(2)14(20)16-11-12-8-6-5-7-9-12/h5-9H,3-4,10-11H2,1-2H3,(H,16,20)(H2,15,17,19). The van der Waals surface area contributed by atoms with E-state index in [4.69, 9.17) is 24.4 Å². The SMILES string of the molecule is CCCCNC(=S)NN(C)C(=S)NCc1ccccc1. The first-order chi connectivity index (χ1) is 9.63. The lowest BCUT2D eigenvalue weighted by Gasteiger charge is -2.23. The van der Waals surface area contributed by atoms with Gasteiger partial charge in [0.1, 0.15) is 0 Å². The second kappa shape index (κ2) is 9.50. The monoisotopic (exact) mass is 310 g/mol. The van der Waals surface area contributed by atoms with Gasteiger partial charge in [-0.2, -0.15) is 0 Å². The Labute approximate surface area is 131 Å². The molecule has 0 unspecified atom stereocenters. The van der Waals surface area contributed by atoms with E-state index in [1.807, 2.05) is 25.2 Å². The first-order valence-electron chi connectivity index (χ1n) is 6.73. The van der Waals surface area contributed by atoms with E-state index in [9.17, 15) is 0 Å². The van der Waals surface area contributed by atoms with Crippen LogP contribution in [0.15, 0.2) is 30.3 Å². The van der Waals surface area contributed by atoms with Crippen molar-refractivity contribution in [2.24, 2.45) is 0 Å². The molecular weight excluding hydrogens is 288 g/mol. The quantitative estimate of drug-likeness (QED) is 0.440. The Kier molecular flexibility index (Phi) is 7.91. The minimum atomic E-state index is 0.588. The van der Waals surface area contributed by atoms with Gasteiger partial charge < -0.3 is 10.6 Å². The van der Waals surface area contributed by atoms with E-state index in [0.717, 1.165) is 19.4 Å². The fourth-order valence-electron chi connectivity index (χ4n) is 1.51. The molecule has 0 saturated carbocycles. The lowest BCUT2D eigenvalue weighted by atomic mass is 10.2. The van der Waals surface area contributed by atoms with Crippen LogP contribution >= 0.6 is 24.4 Å². The molecule has 3 N–H and O–H groups in total. The number of hydrazine groups is 1. The van der Waals surface area contributed by atoms with Crippen LogP contribution in [0.3, 0.4) is 0 Å². The van der Waals surface area contributed by atoms with Crippen molar-refractivity contribution in [3.8, 4) is 0 Å². The average molecular weight is 310 g/mol. The summed E-state index contributed by atoms with van der Waals surface area (Å²) in [6, 6.07) is 10.1. The molecule has 0 amide bonds. The van der Waals surface area contributed by atoms with Gasteiger partial charge in [0.15, 0.2) is 10.2 Å². The molecule has 0 aliphatic carbocycles. The average Bonchev–Trinajstić information content (AvgIpc) is 2.46. The summed E-state index contributed by atoms with van der Waals surface area (Å²) in [6.45, 7) is 3.72. The normalized spacial score (nSPS) is 9.70. The van der Waals surface area contributed by atoms with Crippen molar-refractivity contribution in [1.29, 1.82) is 0 Å². The van der Waals surface area contributed by atoms with Crippen LogP contribution in [0.2, 0.25) is 0 Å². The van der Waals surface area contributed by atoms with Crippen LogP contribution in [-0.4, -0.2) is 28.8 Å². The molecule has 0 bridgehead atoms. The van der Waals surface area contributed by atoms with Crippen molar-refractivity contribution in [1.82, 2.24) is 21.1 Å². The molecule has 1 aromatic carbocycles. The van der Waals surface area contributed by atoms with Crippen molar-refractivity contribution in [2.75, 3.05) is 13.6 Å². The van der Waals surface area contributed by atoms with Crippen molar-refractivity contribution in [2.45, 2.75) is 26.3 Å². The molecule has 0 fully saturated rings. The third-order valence-corrected chi connectivity index (χ3v) is 3.33. The zero-order valence-corrected chi connectivity index (χ0v) is 13.6. The topological polar surface area (TPSA) is 39.3 Å². The second-order valence-electron chi connectivity index (χ2n) is 4.42. The van der Waals surface area contributed by atoms with E-state index >= 15 is 0 Å². The minimum absolute atomic E-state index is 0.588. The summed E-state index contributed by atoms with van der Waals surface area (Å²) in [7, 11) is 1.84. The number of nitrogens with one attached hydrogen (secondary N) is 3. The zero-order valence-electron chi connectivity index (χ0n) is 12.0. The molecule has 110 valence electrons. The number of nitrogens with zero attached hydrogens (tertiary/aromatic N) is 1. The molecule has 1 rings (SSSR count). The van der Waals surface area contributed by atoms with E-state index in [0.29, 0.717) is 16.8 Å². The molecule has 0 spiro atoms. The molecule has 4 nitrogen and oxygen atoms in total. The van der Waals surface area contributed by atoms with E-state index in [2.05, 4.69) is 35.1 Å². The van der Waals surface area contributed by atoms with Crippen LogP contribution in [0.5, 0.6) is 0 Å². The zero-order chi connectivity index (χ0) is 14.8. The Balaban J connectivity index is 2.26. The predicted octanol–water partition coefficient (Wildman–Crippen LogP) is 2.17. The molecular formula is C14H22N4S2. The second-order valence-corrected chi connectivity index (χ2v) is 5.22. The molecule has 0 heterocycles. The van der Waals surface area contributed by atoms with E-state index < -0.39 is 0 Å². The van der Waals surface area contributed by atoms with Gasteiger partial charge in [-0.25, -0.2) is 0 Å². The maximum absolute atomic E-state index is 5.29. The van der Waals surface area contributed by atoms with Gasteiger partial charge in [-0.15, -0.1) is 0 Å². The number of unbranched alkanes of at least 4 members (excludes halogenated alkanes) is 1. The smallest absolute Gasteiger partial charge is 0.187 e. The molecule has 6 heteroatoms. The molecule has 0 aliphatic heterocycles. The van der Waals surface area contributed by atoms with Crippen LogP contribution in [0.25, 0.3) is 0 Å². The van der Waals surface area contributed by atoms with Crippen LogP contribution in [0.4, 0.5) is 0 Å². The van der Waals surface area contributed by atoms with Gasteiger partial charge in [0, 0.05) is 20.1 Å². The Hall–Kier alpha value is -1.40. The summed E-state index contributed by atoms with van der Waals surface area (Å²) >= 11 is 10.5. The lowest BCUT2D eigenvalue weighted by Crippen LogP contribution is -2.51. The number of hydrogen-bond donors (Lipinski definition) is 3. The Morgan fingerprint density at radius 3 is 2.50 bits per heavy atom. The van der Waals surface area contributed by atoms with E-state index in [1.165, 1.54) is 5.56 Å². The molecule has 0 aromatic heterocycles. The molecule has 0 aliphatic rings. The van der Waals surface area contributed by atoms with Gasteiger partial charge in [-0.1, -0.05) is 43.7 Å². The first-order valence-corrected chi connectivity index (χ1v) is 7.55. The number of hydrogen-bond acceptors (Lipinski definition) is 2. The van der Waals surface area contributed by atoms with Crippen molar-refractivity contribution in [3.05, 3.63) is 35.9 Å². The summed E-state index contributed by atoms with van der Waals surface area (Å²) < 4.78 is 0. The van der Waals surface area contributed by atoms with Crippen molar-refractivity contribution < 1.29 is 0 Å². The highest BCUT2D eigenvalue weighted by atomic mass is 32.1. The van der Waals surface area contributed by atoms with Crippen molar-refractivity contribution in [3.63, 3.8) is 0 Å². The van der Waals surface area contributed by atoms with Crippen molar-refractivity contribution >= 4 is 34.7 Å². The third-order valence-electron chi connectivity index (χ3n) is 2.68. The summed E-state index contributed by atoms with van der Waals surface area (Å²) in [5.41, 5.74) is 4.21. The fraction of sp³-hybridized carbons (Fsp3) is 0.429. The van der Waals surface area contributed by atoms with Gasteiger partial charge in [0.2, 0.25) is 0 Å². The van der Waals surface area contributed by atoms with Gasteiger partial charge in [0.25, 0.3) is 0 Å². The Bertz CT molecular complexity index is 422. The maximum atomic E-state index is 5.29. The highest BCUT2D eigenvalue weighted by Crippen LogP contribution is 1.97. The highest BCUT2D eigenvalue weighted by molar-refractivity contribution is 7.80. The van der Waals surface area contributed by atoms with Crippen LogP contribution in [0, 0.1) is 0 Å². The highest BCUT2D eigenvalue weighted by Gasteiger charge is 2.05. The Morgan fingerprint density at radius 1 is 1.15 bits per heavy atom. The largest absolute Gasteiger partial charge is 0.361 e. The fourth-order valence-corrected chi connectivity index (χ4v) is 1.87. The van der Waals surface area contributed by atoms with Crippen LogP contribution in [-0.2, 0) is 6.54 Å². The summed E-state index contributed by atoms with van der Waals surface area (Å²) in [6.07, 6.45) is 2.24. The predicted molar refractivity (Wildman–Crippen MR) is 92.3 cm³/mol. The lowest BCUT2D eigenvalue weighted by molar-refractivity contribution is 0.442.